The molecule has 6 nitrogen and oxygen atoms in total. The standard InChI is InChI=1S/C15H23N3O3.C4H10.2H2/c1-15(2,3)21-14(20)16-10-13(19)17-11-6-8-12(9-7-11)18(4)5;1-4(2)3;;/h6-9H,10H2,1-5H3,(H,16,20)(H,17,19);4H,1-3H3;2*1H. The van der Waals surface area contributed by atoms with Gasteiger partial charge in [0.25, 0.3) is 0 Å². The fourth-order valence-electron chi connectivity index (χ4n) is 1.51. The number of carbonyl (C=O) groups excluding carboxylic acids is 2. The van der Waals surface area contributed by atoms with Crippen LogP contribution < -0.4 is 15.5 Å². The summed E-state index contributed by atoms with van der Waals surface area (Å²) in [7, 11) is 3.89. The van der Waals surface area contributed by atoms with E-state index in [2.05, 4.69) is 31.4 Å². The van der Waals surface area contributed by atoms with Crippen molar-refractivity contribution in [1.29, 1.82) is 0 Å². The molecule has 0 aromatic heterocycles. The van der Waals surface area contributed by atoms with E-state index in [1.165, 1.54) is 0 Å². The molecule has 0 aliphatic heterocycles. The van der Waals surface area contributed by atoms with Crippen LogP contribution in [-0.4, -0.2) is 38.2 Å². The zero-order chi connectivity index (χ0) is 19.6. The van der Waals surface area contributed by atoms with E-state index in [1.54, 1.807) is 32.9 Å². The van der Waals surface area contributed by atoms with Gasteiger partial charge in [0.15, 0.2) is 0 Å². The molecule has 2 amide bonds. The van der Waals surface area contributed by atoms with Gasteiger partial charge in [-0.25, -0.2) is 4.79 Å². The molecule has 0 bridgehead atoms. The third-order valence-electron chi connectivity index (χ3n) is 2.46. The van der Waals surface area contributed by atoms with Gasteiger partial charge in [0.2, 0.25) is 5.91 Å². The van der Waals surface area contributed by atoms with E-state index in [0.717, 1.165) is 11.6 Å². The van der Waals surface area contributed by atoms with E-state index in [1.807, 2.05) is 31.1 Å². The number of anilines is 2. The van der Waals surface area contributed by atoms with Crippen molar-refractivity contribution in [2.75, 3.05) is 30.9 Å². The lowest BCUT2D eigenvalue weighted by Crippen LogP contribution is -2.37. The molecule has 6 heteroatoms. The molecule has 25 heavy (non-hydrogen) atoms. The van der Waals surface area contributed by atoms with E-state index in [-0.39, 0.29) is 15.3 Å². The molecule has 0 saturated heterocycles. The Bertz CT molecular complexity index is 539. The largest absolute Gasteiger partial charge is 0.444 e. The van der Waals surface area contributed by atoms with Crippen LogP contribution in [0.2, 0.25) is 0 Å². The first-order chi connectivity index (χ1) is 11.4. The molecule has 0 atom stereocenters. The Morgan fingerprint density at radius 2 is 1.60 bits per heavy atom. The van der Waals surface area contributed by atoms with Gasteiger partial charge in [0, 0.05) is 28.3 Å². The van der Waals surface area contributed by atoms with Gasteiger partial charge < -0.3 is 20.3 Å². The van der Waals surface area contributed by atoms with Gasteiger partial charge in [-0.05, 0) is 51.0 Å². The minimum atomic E-state index is -0.611. The fraction of sp³-hybridized carbons (Fsp3) is 0.579. The van der Waals surface area contributed by atoms with Gasteiger partial charge in [0.1, 0.15) is 12.1 Å². The zero-order valence-corrected chi connectivity index (χ0v) is 16.8. The van der Waals surface area contributed by atoms with Crippen molar-refractivity contribution in [1.82, 2.24) is 5.32 Å². The Morgan fingerprint density at radius 3 is 2.00 bits per heavy atom. The number of nitrogens with zero attached hydrogens (tertiary/aromatic N) is 1. The molecule has 1 aromatic rings. The van der Waals surface area contributed by atoms with Crippen LogP contribution in [0.5, 0.6) is 0 Å². The summed E-state index contributed by atoms with van der Waals surface area (Å²) in [5.41, 5.74) is 1.14. The van der Waals surface area contributed by atoms with Crippen LogP contribution in [0.15, 0.2) is 24.3 Å². The van der Waals surface area contributed by atoms with Crippen LogP contribution in [0.1, 0.15) is 44.4 Å². The molecule has 0 spiro atoms. The summed E-state index contributed by atoms with van der Waals surface area (Å²) in [6.07, 6.45) is -0.611. The Kier molecular flexibility index (Phi) is 9.64. The van der Waals surface area contributed by atoms with E-state index in [4.69, 9.17) is 4.74 Å². The normalized spacial score (nSPS) is 10.4. The Hall–Kier alpha value is -2.24. The van der Waals surface area contributed by atoms with Gasteiger partial charge in [-0.15, -0.1) is 0 Å². The summed E-state index contributed by atoms with van der Waals surface area (Å²) in [5.74, 6) is 0.526. The maximum absolute atomic E-state index is 11.7. The van der Waals surface area contributed by atoms with Crippen molar-refractivity contribution in [2.45, 2.75) is 47.1 Å². The smallest absolute Gasteiger partial charge is 0.408 e. The molecule has 0 heterocycles. The molecule has 0 fully saturated rings. The first kappa shape index (κ1) is 22.8. The first-order valence-corrected chi connectivity index (χ1v) is 8.45. The van der Waals surface area contributed by atoms with Crippen LogP contribution in [-0.2, 0) is 9.53 Å². The predicted octanol–water partition coefficient (Wildman–Crippen LogP) is 4.37. The fourth-order valence-corrected chi connectivity index (χ4v) is 1.51. The average Bonchev–Trinajstić information content (AvgIpc) is 2.43. The van der Waals surface area contributed by atoms with E-state index in [9.17, 15) is 9.59 Å². The summed E-state index contributed by atoms with van der Waals surface area (Å²) >= 11 is 0. The summed E-state index contributed by atoms with van der Waals surface area (Å²) in [6.45, 7) is 11.7. The maximum atomic E-state index is 11.7. The highest BCUT2D eigenvalue weighted by Crippen LogP contribution is 2.15. The highest BCUT2D eigenvalue weighted by Gasteiger charge is 2.16. The number of ether oxygens (including phenoxy) is 1. The van der Waals surface area contributed by atoms with E-state index >= 15 is 0 Å². The predicted molar refractivity (Wildman–Crippen MR) is 108 cm³/mol. The summed E-state index contributed by atoms with van der Waals surface area (Å²) < 4.78 is 5.04. The Balaban J connectivity index is -0.000000871. The summed E-state index contributed by atoms with van der Waals surface area (Å²) in [6, 6.07) is 7.41. The summed E-state index contributed by atoms with van der Waals surface area (Å²) in [4.78, 5) is 25.1. The number of carbonyl (C=O) groups is 2. The molecule has 0 saturated carbocycles. The van der Waals surface area contributed by atoms with Crippen LogP contribution in [0, 0.1) is 5.92 Å². The average molecular weight is 356 g/mol. The van der Waals surface area contributed by atoms with Crippen molar-refractivity contribution in [3.8, 4) is 0 Å². The van der Waals surface area contributed by atoms with Gasteiger partial charge in [-0.1, -0.05) is 20.8 Å². The lowest BCUT2D eigenvalue weighted by atomic mass is 10.2. The molecule has 1 rings (SSSR count). The number of hydrogen-bond acceptors (Lipinski definition) is 4. The molecule has 1 aromatic carbocycles. The van der Waals surface area contributed by atoms with E-state index < -0.39 is 11.7 Å². The molecule has 2 N–H and O–H groups in total. The molecule has 0 unspecified atom stereocenters. The number of alkyl carbamates (subject to hydrolysis) is 1. The van der Waals surface area contributed by atoms with E-state index in [0.29, 0.717) is 5.69 Å². The third kappa shape index (κ3) is 12.8. The lowest BCUT2D eigenvalue weighted by molar-refractivity contribution is -0.115. The number of benzene rings is 1. The van der Waals surface area contributed by atoms with Crippen LogP contribution in [0.4, 0.5) is 16.2 Å². The highest BCUT2D eigenvalue weighted by atomic mass is 16.6. The Labute approximate surface area is 154 Å². The van der Waals surface area contributed by atoms with Crippen molar-refractivity contribution < 1.29 is 17.2 Å². The second-order valence-corrected chi connectivity index (χ2v) is 7.58. The monoisotopic (exact) mass is 355 g/mol. The SMILES string of the molecule is CC(C)C.CN(C)c1ccc(NC(=O)CNC(=O)OC(C)(C)C)cc1.[HH].[HH]. The van der Waals surface area contributed by atoms with Gasteiger partial charge in [0.05, 0.1) is 0 Å². The molecule has 0 aliphatic rings. The quantitative estimate of drug-likeness (QED) is 0.841. The molecule has 0 radical (unpaired) electrons. The second-order valence-electron chi connectivity index (χ2n) is 7.58. The van der Waals surface area contributed by atoms with Crippen molar-refractivity contribution in [3.05, 3.63) is 24.3 Å². The van der Waals surface area contributed by atoms with Crippen LogP contribution >= 0.6 is 0 Å². The first-order valence-electron chi connectivity index (χ1n) is 8.45. The van der Waals surface area contributed by atoms with Crippen molar-refractivity contribution in [2.24, 2.45) is 5.92 Å². The molecular formula is C19H37N3O3. The van der Waals surface area contributed by atoms with Crippen LogP contribution in [0.25, 0.3) is 0 Å². The van der Waals surface area contributed by atoms with Crippen molar-refractivity contribution in [3.63, 3.8) is 0 Å². The summed E-state index contributed by atoms with van der Waals surface area (Å²) in [5, 5.41) is 5.11. The van der Waals surface area contributed by atoms with Gasteiger partial charge in [-0.3, -0.25) is 4.79 Å². The van der Waals surface area contributed by atoms with Gasteiger partial charge in [-0.2, -0.15) is 0 Å². The minimum absolute atomic E-state index is 0. The number of nitrogens with one attached hydrogen (secondary N) is 2. The second kappa shape index (κ2) is 10.6. The third-order valence-corrected chi connectivity index (χ3v) is 2.46. The molecule has 146 valence electrons. The Morgan fingerprint density at radius 1 is 1.12 bits per heavy atom. The van der Waals surface area contributed by atoms with Gasteiger partial charge >= 0.3 is 6.09 Å². The zero-order valence-electron chi connectivity index (χ0n) is 16.8. The highest BCUT2D eigenvalue weighted by molar-refractivity contribution is 5.94. The van der Waals surface area contributed by atoms with Crippen LogP contribution in [0.3, 0.4) is 0 Å². The number of rotatable bonds is 4. The maximum Gasteiger partial charge on any atom is 0.408 e. The minimum Gasteiger partial charge on any atom is -0.444 e. The topological polar surface area (TPSA) is 70.7 Å². The lowest BCUT2D eigenvalue weighted by Gasteiger charge is -2.19. The van der Waals surface area contributed by atoms with Crippen molar-refractivity contribution >= 4 is 23.4 Å². The number of hydrogen-bond donors (Lipinski definition) is 2. The molecule has 0 aliphatic carbocycles. The molecular weight excluding hydrogens is 318 g/mol. The number of amides is 2.